The minimum Gasteiger partial charge on any atom is -0.468 e. The van der Waals surface area contributed by atoms with Crippen LogP contribution in [-0.4, -0.2) is 31.3 Å². The highest BCUT2D eigenvalue weighted by Gasteiger charge is 2.44. The number of esters is 1. The number of ketones is 1. The van der Waals surface area contributed by atoms with Gasteiger partial charge in [0.1, 0.15) is 11.7 Å². The van der Waals surface area contributed by atoms with Gasteiger partial charge >= 0.3 is 5.97 Å². The van der Waals surface area contributed by atoms with Gasteiger partial charge in [0.2, 0.25) is 5.78 Å². The molecule has 1 amide bonds. The van der Waals surface area contributed by atoms with E-state index in [4.69, 9.17) is 0 Å². The molecule has 1 aromatic carbocycles. The van der Waals surface area contributed by atoms with Gasteiger partial charge in [-0.1, -0.05) is 0 Å². The van der Waals surface area contributed by atoms with Crippen LogP contribution in [0.3, 0.4) is 0 Å². The Bertz CT molecular complexity index is 511. The maximum atomic E-state index is 12.8. The van der Waals surface area contributed by atoms with Crippen molar-refractivity contribution in [3.05, 3.63) is 30.1 Å². The van der Waals surface area contributed by atoms with Gasteiger partial charge in [-0.3, -0.25) is 14.4 Å². The largest absolute Gasteiger partial charge is 0.468 e. The van der Waals surface area contributed by atoms with Crippen molar-refractivity contribution in [3.8, 4) is 0 Å². The molecule has 6 heteroatoms. The quantitative estimate of drug-likeness (QED) is 0.437. The van der Waals surface area contributed by atoms with Crippen molar-refractivity contribution >= 4 is 23.3 Å². The number of hydrogen-bond acceptors (Lipinski definition) is 4. The lowest BCUT2D eigenvalue weighted by atomic mass is 10.1. The second-order valence-electron chi connectivity index (χ2n) is 3.83. The van der Waals surface area contributed by atoms with Gasteiger partial charge in [0.05, 0.1) is 7.11 Å². The Morgan fingerprint density at radius 2 is 1.94 bits per heavy atom. The Hall–Kier alpha value is -2.24. The molecular formula is C12H10FNO4. The topological polar surface area (TPSA) is 63.7 Å². The van der Waals surface area contributed by atoms with E-state index < -0.39 is 29.4 Å². The number of halogens is 1. The third kappa shape index (κ3) is 1.97. The summed E-state index contributed by atoms with van der Waals surface area (Å²) in [5.41, 5.74) is 0.376. The number of hydrogen-bond donors (Lipinski definition) is 0. The zero-order chi connectivity index (χ0) is 13.3. The van der Waals surface area contributed by atoms with Crippen molar-refractivity contribution < 1.29 is 23.5 Å². The van der Waals surface area contributed by atoms with Crippen LogP contribution >= 0.6 is 0 Å². The van der Waals surface area contributed by atoms with E-state index in [1.165, 1.54) is 24.3 Å². The van der Waals surface area contributed by atoms with E-state index in [1.807, 2.05) is 0 Å². The number of nitrogens with zero attached hydrogens (tertiary/aromatic N) is 1. The van der Waals surface area contributed by atoms with Crippen molar-refractivity contribution in [2.75, 3.05) is 18.6 Å². The number of anilines is 1. The van der Waals surface area contributed by atoms with Crippen LogP contribution < -0.4 is 4.90 Å². The van der Waals surface area contributed by atoms with Crippen molar-refractivity contribution in [1.82, 2.24) is 0 Å². The van der Waals surface area contributed by atoms with Gasteiger partial charge in [-0.2, -0.15) is 0 Å². The summed E-state index contributed by atoms with van der Waals surface area (Å²) in [4.78, 5) is 35.7. The minimum absolute atomic E-state index is 0.0734. The third-order valence-corrected chi connectivity index (χ3v) is 2.76. The van der Waals surface area contributed by atoms with Gasteiger partial charge in [0, 0.05) is 12.2 Å². The van der Waals surface area contributed by atoms with Crippen LogP contribution in [0.2, 0.25) is 0 Å². The molecule has 2 rings (SSSR count). The van der Waals surface area contributed by atoms with E-state index in [9.17, 15) is 18.8 Å². The Morgan fingerprint density at radius 3 is 2.50 bits per heavy atom. The van der Waals surface area contributed by atoms with E-state index >= 15 is 0 Å². The lowest BCUT2D eigenvalue weighted by Crippen LogP contribution is -2.26. The Balaban J connectivity index is 2.26. The van der Waals surface area contributed by atoms with E-state index in [-0.39, 0.29) is 6.54 Å². The van der Waals surface area contributed by atoms with Crippen molar-refractivity contribution in [2.24, 2.45) is 5.92 Å². The van der Waals surface area contributed by atoms with Crippen molar-refractivity contribution in [2.45, 2.75) is 0 Å². The number of carbonyl (C=O) groups is 3. The first-order valence-electron chi connectivity index (χ1n) is 5.23. The Morgan fingerprint density at radius 1 is 1.33 bits per heavy atom. The molecule has 1 aliphatic rings. The summed E-state index contributed by atoms with van der Waals surface area (Å²) in [6, 6.07) is 5.11. The zero-order valence-corrected chi connectivity index (χ0v) is 9.55. The Labute approximate surface area is 102 Å². The summed E-state index contributed by atoms with van der Waals surface area (Å²) >= 11 is 0. The van der Waals surface area contributed by atoms with Gasteiger partial charge in [0.15, 0.2) is 0 Å². The fraction of sp³-hybridized carbons (Fsp3) is 0.250. The maximum absolute atomic E-state index is 12.8. The smallest absolute Gasteiger partial charge is 0.318 e. The summed E-state index contributed by atoms with van der Waals surface area (Å²) < 4.78 is 17.2. The lowest BCUT2D eigenvalue weighted by Gasteiger charge is -2.14. The molecule has 1 fully saturated rings. The molecule has 0 spiro atoms. The highest BCUT2D eigenvalue weighted by molar-refractivity contribution is 6.47. The molecule has 0 radical (unpaired) electrons. The normalized spacial score (nSPS) is 19.2. The fourth-order valence-corrected chi connectivity index (χ4v) is 1.80. The van der Waals surface area contributed by atoms with Crippen LogP contribution in [0.15, 0.2) is 24.3 Å². The van der Waals surface area contributed by atoms with Crippen LogP contribution in [0.4, 0.5) is 10.1 Å². The van der Waals surface area contributed by atoms with Crippen LogP contribution in [0.25, 0.3) is 0 Å². The average Bonchev–Trinajstić information content (AvgIpc) is 2.67. The second kappa shape index (κ2) is 4.56. The first kappa shape index (κ1) is 12.2. The summed E-state index contributed by atoms with van der Waals surface area (Å²) in [5.74, 6) is -3.87. The highest BCUT2D eigenvalue weighted by Crippen LogP contribution is 2.23. The summed E-state index contributed by atoms with van der Waals surface area (Å²) in [6.07, 6.45) is 0. The standard InChI is InChI=1S/C12H10FNO4/c1-18-12(17)9-6-14(11(16)10(9)15)8-4-2-7(13)3-5-8/h2-5,9H,6H2,1H3. The molecule has 5 nitrogen and oxygen atoms in total. The molecule has 0 aromatic heterocycles. The summed E-state index contributed by atoms with van der Waals surface area (Å²) in [5, 5.41) is 0. The molecule has 94 valence electrons. The van der Waals surface area contributed by atoms with Gasteiger partial charge in [-0.25, -0.2) is 4.39 Å². The van der Waals surface area contributed by atoms with E-state index in [0.717, 1.165) is 12.0 Å². The van der Waals surface area contributed by atoms with Crippen LogP contribution in [-0.2, 0) is 19.1 Å². The molecule has 1 atom stereocenters. The first-order chi connectivity index (χ1) is 8.54. The number of rotatable bonds is 2. The van der Waals surface area contributed by atoms with Crippen molar-refractivity contribution in [1.29, 1.82) is 0 Å². The number of Topliss-reactive ketones (excluding diaryl/α,β-unsaturated/α-hetero) is 1. The molecule has 0 bridgehead atoms. The van der Waals surface area contributed by atoms with E-state index in [2.05, 4.69) is 4.74 Å². The molecular weight excluding hydrogens is 241 g/mol. The molecule has 1 aliphatic heterocycles. The molecule has 1 aromatic rings. The number of carbonyl (C=O) groups excluding carboxylic acids is 3. The molecule has 18 heavy (non-hydrogen) atoms. The highest BCUT2D eigenvalue weighted by atomic mass is 19.1. The van der Waals surface area contributed by atoms with Gasteiger partial charge < -0.3 is 9.64 Å². The number of benzene rings is 1. The third-order valence-electron chi connectivity index (χ3n) is 2.76. The zero-order valence-electron chi connectivity index (χ0n) is 9.55. The minimum atomic E-state index is -1.10. The van der Waals surface area contributed by atoms with Gasteiger partial charge in [-0.15, -0.1) is 0 Å². The average molecular weight is 251 g/mol. The van der Waals surface area contributed by atoms with Crippen LogP contribution in [0.1, 0.15) is 0 Å². The first-order valence-corrected chi connectivity index (χ1v) is 5.23. The second-order valence-corrected chi connectivity index (χ2v) is 3.83. The SMILES string of the molecule is COC(=O)C1CN(c2ccc(F)cc2)C(=O)C1=O. The predicted octanol–water partition coefficient (Wildman–Crippen LogP) is 0.531. The summed E-state index contributed by atoms with van der Waals surface area (Å²) in [6.45, 7) is -0.0734. The Kier molecular flexibility index (Phi) is 3.10. The fourth-order valence-electron chi connectivity index (χ4n) is 1.80. The molecule has 1 unspecified atom stereocenters. The molecule has 1 saturated heterocycles. The molecule has 1 heterocycles. The maximum Gasteiger partial charge on any atom is 0.318 e. The predicted molar refractivity (Wildman–Crippen MR) is 59.3 cm³/mol. The van der Waals surface area contributed by atoms with E-state index in [1.54, 1.807) is 0 Å². The van der Waals surface area contributed by atoms with Crippen LogP contribution in [0, 0.1) is 11.7 Å². The molecule has 0 saturated carbocycles. The van der Waals surface area contributed by atoms with E-state index in [0.29, 0.717) is 5.69 Å². The van der Waals surface area contributed by atoms with Gasteiger partial charge in [0.25, 0.3) is 5.91 Å². The monoisotopic (exact) mass is 251 g/mol. The molecule has 0 aliphatic carbocycles. The molecule has 0 N–H and O–H groups in total. The summed E-state index contributed by atoms with van der Waals surface area (Å²) in [7, 11) is 1.15. The van der Waals surface area contributed by atoms with Crippen molar-refractivity contribution in [3.63, 3.8) is 0 Å². The van der Waals surface area contributed by atoms with Crippen LogP contribution in [0.5, 0.6) is 0 Å². The number of amides is 1. The number of methoxy groups -OCH3 is 1. The number of ether oxygens (including phenoxy) is 1. The lowest BCUT2D eigenvalue weighted by molar-refractivity contribution is -0.149. The van der Waals surface area contributed by atoms with Gasteiger partial charge in [-0.05, 0) is 24.3 Å².